The van der Waals surface area contributed by atoms with Gasteiger partial charge < -0.3 is 20.2 Å². The van der Waals surface area contributed by atoms with Crippen molar-refractivity contribution in [1.82, 2.24) is 4.98 Å². The van der Waals surface area contributed by atoms with Crippen molar-refractivity contribution in [3.63, 3.8) is 0 Å². The fraction of sp³-hybridized carbons (Fsp3) is 0.143. The highest BCUT2D eigenvalue weighted by Crippen LogP contribution is 2.43. The third-order valence-corrected chi connectivity index (χ3v) is 4.90. The molecule has 9 nitrogen and oxygen atoms in total. The number of carbonyl (C=O) groups excluding carboxylic acids is 1. The minimum atomic E-state index is -0.915. The van der Waals surface area contributed by atoms with E-state index in [-0.39, 0.29) is 35.1 Å². The van der Waals surface area contributed by atoms with Crippen molar-refractivity contribution in [2.24, 2.45) is 5.73 Å². The molecule has 30 heavy (non-hydrogen) atoms. The number of nitrogens with zero attached hydrogens (tertiary/aromatic N) is 1. The van der Waals surface area contributed by atoms with E-state index >= 15 is 0 Å². The molecule has 0 bridgehead atoms. The lowest BCUT2D eigenvalue weighted by Gasteiger charge is -2.28. The number of hydrogen-bond donors (Lipinski definition) is 2. The van der Waals surface area contributed by atoms with Gasteiger partial charge in [0.2, 0.25) is 5.88 Å². The summed E-state index contributed by atoms with van der Waals surface area (Å²) in [6.07, 6.45) is 0. The molecule has 4 rings (SSSR count). The predicted molar refractivity (Wildman–Crippen MR) is 108 cm³/mol. The quantitative estimate of drug-likeness (QED) is 0.385. The molecule has 1 aliphatic heterocycles. The van der Waals surface area contributed by atoms with Gasteiger partial charge in [-0.3, -0.25) is 14.9 Å². The first-order chi connectivity index (χ1) is 14.4. The monoisotopic (exact) mass is 407 g/mol. The summed E-state index contributed by atoms with van der Waals surface area (Å²) in [5, 5.41) is 11.6. The van der Waals surface area contributed by atoms with Gasteiger partial charge in [0.25, 0.3) is 11.2 Å². The van der Waals surface area contributed by atoms with Crippen LogP contribution in [0.15, 0.2) is 64.8 Å². The number of hydrogen-bond acceptors (Lipinski definition) is 7. The standard InChI is InChI=1S/C21H17N3O6/c1-2-29-21(26)17-15(11-7-9-12(10-8-11)24(27)28)16-18(30-19(17)22)13-5-3-4-6-14(13)23-20(16)25/h3-10,15H,2,22H2,1H3,(H,23,25). The molecule has 1 atom stereocenters. The molecular formula is C21H17N3O6. The number of carbonyl (C=O) groups is 1. The van der Waals surface area contributed by atoms with Gasteiger partial charge in [-0.25, -0.2) is 4.79 Å². The molecule has 1 unspecified atom stereocenters. The van der Waals surface area contributed by atoms with E-state index in [2.05, 4.69) is 4.98 Å². The van der Waals surface area contributed by atoms with Crippen molar-refractivity contribution in [1.29, 1.82) is 0 Å². The zero-order valence-corrected chi connectivity index (χ0v) is 15.9. The van der Waals surface area contributed by atoms with Gasteiger partial charge in [-0.2, -0.15) is 0 Å². The molecule has 0 radical (unpaired) electrons. The number of benzene rings is 2. The Bertz CT molecular complexity index is 1260. The van der Waals surface area contributed by atoms with Crippen molar-refractivity contribution in [2.75, 3.05) is 6.61 Å². The van der Waals surface area contributed by atoms with Crippen LogP contribution in [0.4, 0.5) is 5.69 Å². The van der Waals surface area contributed by atoms with Gasteiger partial charge in [-0.15, -0.1) is 0 Å². The maximum Gasteiger partial charge on any atom is 0.340 e. The normalized spacial score (nSPS) is 15.4. The number of H-pyrrole nitrogens is 1. The van der Waals surface area contributed by atoms with E-state index in [1.54, 1.807) is 31.2 Å². The molecule has 0 spiro atoms. The largest absolute Gasteiger partial charge is 0.462 e. The van der Waals surface area contributed by atoms with Crippen LogP contribution in [0.1, 0.15) is 24.0 Å². The van der Waals surface area contributed by atoms with Crippen molar-refractivity contribution >= 4 is 22.6 Å². The minimum absolute atomic E-state index is 0.0287. The molecule has 0 aliphatic carbocycles. The maximum atomic E-state index is 13.0. The molecule has 2 aromatic carbocycles. The molecule has 3 N–H and O–H groups in total. The Morgan fingerprint density at radius 2 is 1.93 bits per heavy atom. The smallest absolute Gasteiger partial charge is 0.340 e. The highest BCUT2D eigenvalue weighted by molar-refractivity contribution is 5.95. The third kappa shape index (κ3) is 3.06. The second kappa shape index (κ2) is 7.36. The minimum Gasteiger partial charge on any atom is -0.462 e. The lowest BCUT2D eigenvalue weighted by molar-refractivity contribution is -0.384. The number of nitrogens with one attached hydrogen (secondary N) is 1. The van der Waals surface area contributed by atoms with Gasteiger partial charge in [0.15, 0.2) is 0 Å². The van der Waals surface area contributed by atoms with Crippen molar-refractivity contribution in [3.8, 4) is 5.75 Å². The number of ether oxygens (including phenoxy) is 2. The summed E-state index contributed by atoms with van der Waals surface area (Å²) >= 11 is 0. The molecule has 0 saturated carbocycles. The van der Waals surface area contributed by atoms with E-state index in [1.165, 1.54) is 24.3 Å². The van der Waals surface area contributed by atoms with Gasteiger partial charge in [-0.1, -0.05) is 24.3 Å². The number of para-hydroxylation sites is 1. The number of nitrogens with two attached hydrogens (primary N) is 1. The van der Waals surface area contributed by atoms with E-state index in [9.17, 15) is 19.7 Å². The summed E-state index contributed by atoms with van der Waals surface area (Å²) in [5.41, 5.74) is 6.71. The average Bonchev–Trinajstić information content (AvgIpc) is 2.73. The van der Waals surface area contributed by atoms with Crippen LogP contribution < -0.4 is 16.0 Å². The van der Waals surface area contributed by atoms with Crippen LogP contribution in [0.5, 0.6) is 5.75 Å². The summed E-state index contributed by atoms with van der Waals surface area (Å²) in [7, 11) is 0. The molecule has 0 saturated heterocycles. The molecule has 1 aromatic heterocycles. The van der Waals surface area contributed by atoms with Crippen LogP contribution in [0.3, 0.4) is 0 Å². The van der Waals surface area contributed by atoms with E-state index < -0.39 is 22.4 Å². The SMILES string of the molecule is CCOC(=O)C1=C(N)Oc2c(c(=O)[nH]c3ccccc23)C1c1ccc([N+](=O)[O-])cc1. The van der Waals surface area contributed by atoms with Crippen molar-refractivity contribution in [2.45, 2.75) is 12.8 Å². The molecule has 9 heteroatoms. The molecule has 0 amide bonds. The van der Waals surface area contributed by atoms with Crippen LogP contribution >= 0.6 is 0 Å². The summed E-state index contributed by atoms with van der Waals surface area (Å²) < 4.78 is 10.9. The Hall–Kier alpha value is -4.14. The first kappa shape index (κ1) is 19.2. The summed E-state index contributed by atoms with van der Waals surface area (Å²) in [5.74, 6) is -1.58. The number of rotatable bonds is 4. The number of aromatic nitrogens is 1. The first-order valence-corrected chi connectivity index (χ1v) is 9.16. The fourth-order valence-corrected chi connectivity index (χ4v) is 3.60. The van der Waals surface area contributed by atoms with E-state index in [0.29, 0.717) is 16.5 Å². The second-order valence-electron chi connectivity index (χ2n) is 6.62. The maximum absolute atomic E-state index is 13.0. The molecule has 152 valence electrons. The first-order valence-electron chi connectivity index (χ1n) is 9.16. The number of fused-ring (bicyclic) bond motifs is 3. The lowest BCUT2D eigenvalue weighted by Crippen LogP contribution is -2.32. The van der Waals surface area contributed by atoms with Gasteiger partial charge in [0, 0.05) is 17.5 Å². The number of nitro benzene ring substituents is 1. The number of esters is 1. The van der Waals surface area contributed by atoms with Crippen LogP contribution in [0.2, 0.25) is 0 Å². The van der Waals surface area contributed by atoms with E-state index in [4.69, 9.17) is 15.2 Å². The Morgan fingerprint density at radius 1 is 1.23 bits per heavy atom. The van der Waals surface area contributed by atoms with Crippen LogP contribution in [0, 0.1) is 10.1 Å². The van der Waals surface area contributed by atoms with E-state index in [1.807, 2.05) is 0 Å². The Labute approximate surface area is 169 Å². The van der Waals surface area contributed by atoms with Crippen LogP contribution in [-0.2, 0) is 9.53 Å². The van der Waals surface area contributed by atoms with Gasteiger partial charge >= 0.3 is 5.97 Å². The number of aromatic amines is 1. The molecular weight excluding hydrogens is 390 g/mol. The Morgan fingerprint density at radius 3 is 2.60 bits per heavy atom. The second-order valence-corrected chi connectivity index (χ2v) is 6.62. The van der Waals surface area contributed by atoms with Crippen molar-refractivity contribution in [3.05, 3.63) is 91.6 Å². The average molecular weight is 407 g/mol. The topological polar surface area (TPSA) is 138 Å². The van der Waals surface area contributed by atoms with Crippen LogP contribution in [-0.4, -0.2) is 22.5 Å². The fourth-order valence-electron chi connectivity index (χ4n) is 3.60. The van der Waals surface area contributed by atoms with Gasteiger partial charge in [-0.05, 0) is 24.6 Å². The zero-order valence-electron chi connectivity index (χ0n) is 15.9. The summed E-state index contributed by atoms with van der Waals surface area (Å²) in [6, 6.07) is 12.6. The van der Waals surface area contributed by atoms with E-state index in [0.717, 1.165) is 0 Å². The predicted octanol–water partition coefficient (Wildman–Crippen LogP) is 2.69. The number of pyridine rings is 1. The Kier molecular flexibility index (Phi) is 4.71. The lowest BCUT2D eigenvalue weighted by atomic mass is 9.83. The number of nitro groups is 1. The van der Waals surface area contributed by atoms with Gasteiger partial charge in [0.05, 0.1) is 28.5 Å². The number of non-ortho nitro benzene ring substituents is 1. The van der Waals surface area contributed by atoms with Gasteiger partial charge in [0.1, 0.15) is 11.3 Å². The van der Waals surface area contributed by atoms with Crippen LogP contribution in [0.25, 0.3) is 10.9 Å². The summed E-state index contributed by atoms with van der Waals surface area (Å²) in [6.45, 7) is 1.75. The molecule has 1 aliphatic rings. The molecule has 0 fully saturated rings. The highest BCUT2D eigenvalue weighted by atomic mass is 16.6. The molecule has 2 heterocycles. The molecule has 3 aromatic rings. The third-order valence-electron chi connectivity index (χ3n) is 4.90. The highest BCUT2D eigenvalue weighted by Gasteiger charge is 2.38. The summed E-state index contributed by atoms with van der Waals surface area (Å²) in [4.78, 5) is 39.0. The zero-order chi connectivity index (χ0) is 21.4. The van der Waals surface area contributed by atoms with Crippen molar-refractivity contribution < 1.29 is 19.2 Å². The Balaban J connectivity index is 2.00.